The summed E-state index contributed by atoms with van der Waals surface area (Å²) in [5.41, 5.74) is 0. The van der Waals surface area contributed by atoms with Crippen molar-refractivity contribution in [2.75, 3.05) is 0 Å². The van der Waals surface area contributed by atoms with E-state index in [1.54, 1.807) is 13.0 Å². The van der Waals surface area contributed by atoms with E-state index in [2.05, 4.69) is 10.2 Å². The van der Waals surface area contributed by atoms with Crippen molar-refractivity contribution < 1.29 is 5.11 Å². The zero-order valence-electron chi connectivity index (χ0n) is 3.02. The molecule has 0 atom stereocenters. The Labute approximate surface area is 34.7 Å². The largest absolute Gasteiger partial charge is 0.519 e. The van der Waals surface area contributed by atoms with Crippen LogP contribution in [0.3, 0.4) is 0 Å². The van der Waals surface area contributed by atoms with Crippen LogP contribution in [-0.4, -0.2) is 15.3 Å². The van der Waals surface area contributed by atoms with Gasteiger partial charge in [-0.2, -0.15) is 0 Å². The third-order valence-corrected chi connectivity index (χ3v) is 0.562. The van der Waals surface area contributed by atoms with E-state index in [-0.39, 0.29) is 5.38 Å². The highest BCUT2D eigenvalue weighted by molar-refractivity contribution is 6.19. The first-order valence-electron chi connectivity index (χ1n) is 1.34. The molecular formula is C3H5OSi. The summed E-state index contributed by atoms with van der Waals surface area (Å²) in [4.78, 5) is 0. The summed E-state index contributed by atoms with van der Waals surface area (Å²) >= 11 is 0. The zero-order valence-corrected chi connectivity index (χ0v) is 4.02. The lowest BCUT2D eigenvalue weighted by molar-refractivity contribution is 0.451. The lowest BCUT2D eigenvalue weighted by atomic mass is 10.7. The second-order valence-corrected chi connectivity index (χ2v) is 1.19. The average Bonchev–Trinajstić information content (AvgIpc) is 1.38. The Morgan fingerprint density at radius 3 is 2.20 bits per heavy atom. The van der Waals surface area contributed by atoms with Gasteiger partial charge < -0.3 is 5.11 Å². The molecule has 1 N–H and O–H groups in total. The third-order valence-electron chi connectivity index (χ3n) is 0.273. The van der Waals surface area contributed by atoms with Gasteiger partial charge in [0.15, 0.2) is 0 Å². The predicted molar refractivity (Wildman–Crippen MR) is 22.1 cm³/mol. The summed E-state index contributed by atoms with van der Waals surface area (Å²) < 4.78 is 0. The summed E-state index contributed by atoms with van der Waals surface area (Å²) in [6, 6.07) is 0. The standard InChI is InChI=1S/C3H5OSi/c1-2-3(4)5/h2,4H,1H3/b3-2-. The maximum Gasteiger partial charge on any atom is 0.124 e. The van der Waals surface area contributed by atoms with Crippen LogP contribution < -0.4 is 0 Å². The Morgan fingerprint density at radius 2 is 2.20 bits per heavy atom. The number of allylic oxidation sites excluding steroid dienone is 1. The van der Waals surface area contributed by atoms with Crippen LogP contribution in [0.15, 0.2) is 11.5 Å². The molecule has 0 fully saturated rings. The van der Waals surface area contributed by atoms with Gasteiger partial charge in [-0.3, -0.25) is 0 Å². The molecular weight excluding hydrogens is 80.1 g/mol. The van der Waals surface area contributed by atoms with Crippen molar-refractivity contribution >= 4 is 10.2 Å². The van der Waals surface area contributed by atoms with Crippen LogP contribution >= 0.6 is 0 Å². The summed E-state index contributed by atoms with van der Waals surface area (Å²) in [7, 11) is 2.83. The Morgan fingerprint density at radius 1 is 2.00 bits per heavy atom. The van der Waals surface area contributed by atoms with Crippen LogP contribution in [0.5, 0.6) is 0 Å². The maximum absolute atomic E-state index is 8.14. The second-order valence-electron chi connectivity index (χ2n) is 0.674. The van der Waals surface area contributed by atoms with Gasteiger partial charge in [-0.05, 0) is 6.92 Å². The molecule has 0 amide bonds. The summed E-state index contributed by atoms with van der Waals surface area (Å²) in [5, 5.41) is 8.32. The molecule has 1 nitrogen and oxygen atoms in total. The molecule has 3 radical (unpaired) electrons. The molecule has 5 heavy (non-hydrogen) atoms. The number of aliphatic hydroxyl groups is 1. The Hall–Kier alpha value is -0.243. The Bertz CT molecular complexity index is 44.9. The van der Waals surface area contributed by atoms with E-state index in [0.717, 1.165) is 0 Å². The Kier molecular flexibility index (Phi) is 1.92. The molecule has 0 aliphatic rings. The number of hydrogen-bond acceptors (Lipinski definition) is 1. The summed E-state index contributed by atoms with van der Waals surface area (Å²) in [6.45, 7) is 1.74. The van der Waals surface area contributed by atoms with Crippen molar-refractivity contribution in [1.82, 2.24) is 0 Å². The van der Waals surface area contributed by atoms with E-state index in [4.69, 9.17) is 5.11 Å². The number of aliphatic hydroxyl groups excluding tert-OH is 1. The van der Waals surface area contributed by atoms with Crippen molar-refractivity contribution in [1.29, 1.82) is 0 Å². The number of rotatable bonds is 0. The molecule has 0 bridgehead atoms. The van der Waals surface area contributed by atoms with Gasteiger partial charge in [0.25, 0.3) is 0 Å². The quantitative estimate of drug-likeness (QED) is 0.337. The smallest absolute Gasteiger partial charge is 0.124 e. The van der Waals surface area contributed by atoms with Crippen LogP contribution in [0, 0.1) is 0 Å². The van der Waals surface area contributed by atoms with E-state index >= 15 is 0 Å². The van der Waals surface area contributed by atoms with Crippen LogP contribution in [-0.2, 0) is 0 Å². The molecule has 2 heteroatoms. The first kappa shape index (κ1) is 4.76. The predicted octanol–water partition coefficient (Wildman–Crippen LogP) is 0.574. The van der Waals surface area contributed by atoms with Crippen LogP contribution in [0.1, 0.15) is 6.92 Å². The topological polar surface area (TPSA) is 20.2 Å². The van der Waals surface area contributed by atoms with Crippen LogP contribution in [0.2, 0.25) is 0 Å². The SMILES string of the molecule is C/C=C(/O)[Si]. The van der Waals surface area contributed by atoms with Gasteiger partial charge in [-0.25, -0.2) is 0 Å². The van der Waals surface area contributed by atoms with E-state index in [1.807, 2.05) is 0 Å². The van der Waals surface area contributed by atoms with Gasteiger partial charge in [-0.1, -0.05) is 6.08 Å². The fourth-order valence-electron chi connectivity index (χ4n) is 0. The monoisotopic (exact) mass is 85.0 g/mol. The minimum Gasteiger partial charge on any atom is -0.519 e. The van der Waals surface area contributed by atoms with Gasteiger partial charge in [0.2, 0.25) is 0 Å². The molecule has 0 unspecified atom stereocenters. The van der Waals surface area contributed by atoms with Crippen molar-refractivity contribution in [3.63, 3.8) is 0 Å². The highest BCUT2D eigenvalue weighted by atomic mass is 28.1. The molecule has 0 rings (SSSR count). The van der Waals surface area contributed by atoms with Crippen molar-refractivity contribution in [2.24, 2.45) is 0 Å². The van der Waals surface area contributed by atoms with E-state index in [9.17, 15) is 0 Å². The molecule has 0 aromatic rings. The molecule has 0 saturated heterocycles. The zero-order chi connectivity index (χ0) is 4.28. The highest BCUT2D eigenvalue weighted by Crippen LogP contribution is 1.70. The maximum atomic E-state index is 8.14. The van der Waals surface area contributed by atoms with E-state index < -0.39 is 0 Å². The molecule has 27 valence electrons. The molecule has 0 aromatic heterocycles. The third kappa shape index (κ3) is 3.76. The summed E-state index contributed by atoms with van der Waals surface area (Å²) in [5.74, 6) is 0. The summed E-state index contributed by atoms with van der Waals surface area (Å²) in [6.07, 6.45) is 1.55. The van der Waals surface area contributed by atoms with Gasteiger partial charge in [0.05, 0.1) is 5.38 Å². The molecule has 0 aliphatic carbocycles. The highest BCUT2D eigenvalue weighted by Gasteiger charge is 1.64. The minimum absolute atomic E-state index is 0.185. The van der Waals surface area contributed by atoms with E-state index in [1.165, 1.54) is 0 Å². The normalized spacial score (nSPS) is 12.0. The van der Waals surface area contributed by atoms with Crippen LogP contribution in [0.4, 0.5) is 0 Å². The molecule has 0 heterocycles. The first-order valence-corrected chi connectivity index (χ1v) is 1.84. The van der Waals surface area contributed by atoms with Crippen molar-refractivity contribution in [3.05, 3.63) is 11.5 Å². The fraction of sp³-hybridized carbons (Fsp3) is 0.333. The van der Waals surface area contributed by atoms with Crippen LogP contribution in [0.25, 0.3) is 0 Å². The molecule has 0 saturated carbocycles. The lowest BCUT2D eigenvalue weighted by Gasteiger charge is -1.74. The minimum atomic E-state index is 0.185. The van der Waals surface area contributed by atoms with E-state index in [0.29, 0.717) is 0 Å². The molecule has 0 aromatic carbocycles. The lowest BCUT2D eigenvalue weighted by Crippen LogP contribution is -1.70. The molecule has 0 aliphatic heterocycles. The van der Waals surface area contributed by atoms with Gasteiger partial charge in [-0.15, -0.1) is 0 Å². The van der Waals surface area contributed by atoms with Crippen molar-refractivity contribution in [2.45, 2.75) is 6.92 Å². The van der Waals surface area contributed by atoms with Gasteiger partial charge in [0.1, 0.15) is 10.2 Å². The fourth-order valence-corrected chi connectivity index (χ4v) is 0. The second kappa shape index (κ2) is 2.02. The van der Waals surface area contributed by atoms with Gasteiger partial charge >= 0.3 is 0 Å². The average molecular weight is 85.2 g/mol. The Balaban J connectivity index is 3.14. The number of hydrogen-bond donors (Lipinski definition) is 1. The van der Waals surface area contributed by atoms with Gasteiger partial charge in [0, 0.05) is 0 Å². The molecule has 0 spiro atoms. The first-order chi connectivity index (χ1) is 2.27. The van der Waals surface area contributed by atoms with Crippen molar-refractivity contribution in [3.8, 4) is 0 Å².